The number of unbranched alkanes of at least 4 members (excludes halogenated alkanes) is 2. The summed E-state index contributed by atoms with van der Waals surface area (Å²) in [6.07, 6.45) is -10.0. The van der Waals surface area contributed by atoms with E-state index in [-0.39, 0.29) is 6.42 Å². The summed E-state index contributed by atoms with van der Waals surface area (Å²) >= 11 is 0. The number of allylic oxidation sites excluding steroid dienone is 1. The molecular formula is C10H12F6O3. The third-order valence-corrected chi connectivity index (χ3v) is 2.15. The minimum Gasteiger partial charge on any atom is -0.463 e. The monoisotopic (exact) mass is 294 g/mol. The lowest BCUT2D eigenvalue weighted by Crippen LogP contribution is -2.63. The summed E-state index contributed by atoms with van der Waals surface area (Å²) in [6.45, 7) is 2.70. The largest absolute Gasteiger partial charge is 0.463 e. The third-order valence-electron chi connectivity index (χ3n) is 2.15. The Balaban J connectivity index is 4.74. The zero-order valence-electron chi connectivity index (χ0n) is 9.64. The summed E-state index contributed by atoms with van der Waals surface area (Å²) < 4.78 is 77.0. The van der Waals surface area contributed by atoms with Crippen LogP contribution in [-0.2, 0) is 9.53 Å². The van der Waals surface area contributed by atoms with Gasteiger partial charge in [-0.15, -0.1) is 6.58 Å². The van der Waals surface area contributed by atoms with Crippen LogP contribution in [0.5, 0.6) is 0 Å². The standard InChI is InChI=1S/C10H12F6O3/c1-2-3-4-5-6-19-7(17)8(18,9(11,12)13)10(14,15)16/h2,18H,1,3-6H2. The van der Waals surface area contributed by atoms with Crippen LogP contribution in [0.15, 0.2) is 12.7 Å². The van der Waals surface area contributed by atoms with E-state index in [1.807, 2.05) is 0 Å². The molecule has 0 rings (SSSR count). The quantitative estimate of drug-likeness (QED) is 0.354. The minimum atomic E-state index is -6.20. The smallest absolute Gasteiger partial charge is 0.437 e. The van der Waals surface area contributed by atoms with Gasteiger partial charge in [-0.3, -0.25) is 0 Å². The molecule has 0 aromatic rings. The van der Waals surface area contributed by atoms with E-state index in [2.05, 4.69) is 11.3 Å². The van der Waals surface area contributed by atoms with Gasteiger partial charge >= 0.3 is 23.9 Å². The molecule has 0 amide bonds. The van der Waals surface area contributed by atoms with Crippen molar-refractivity contribution in [2.24, 2.45) is 0 Å². The average Bonchev–Trinajstić information content (AvgIpc) is 2.24. The number of hydrogen-bond acceptors (Lipinski definition) is 3. The minimum absolute atomic E-state index is 0.0591. The number of rotatable bonds is 6. The average molecular weight is 294 g/mol. The van der Waals surface area contributed by atoms with Crippen LogP contribution in [0.25, 0.3) is 0 Å². The molecule has 112 valence electrons. The summed E-state index contributed by atoms with van der Waals surface area (Å²) in [5, 5.41) is 8.61. The number of esters is 1. The van der Waals surface area contributed by atoms with E-state index < -0.39 is 30.5 Å². The molecule has 9 heteroatoms. The molecular weight excluding hydrogens is 282 g/mol. The number of carbonyl (C=O) groups excluding carboxylic acids is 1. The molecule has 0 aliphatic carbocycles. The maximum absolute atomic E-state index is 12.2. The number of alkyl halides is 6. The summed E-state index contributed by atoms with van der Waals surface area (Å²) in [7, 11) is 0. The van der Waals surface area contributed by atoms with Gasteiger partial charge in [-0.25, -0.2) is 4.79 Å². The first-order valence-corrected chi connectivity index (χ1v) is 5.12. The van der Waals surface area contributed by atoms with Crippen LogP contribution < -0.4 is 0 Å². The molecule has 0 spiro atoms. The van der Waals surface area contributed by atoms with Crippen molar-refractivity contribution in [3.63, 3.8) is 0 Å². The Morgan fingerprint density at radius 2 is 1.58 bits per heavy atom. The van der Waals surface area contributed by atoms with E-state index in [4.69, 9.17) is 5.11 Å². The fourth-order valence-electron chi connectivity index (χ4n) is 1.05. The number of hydrogen-bond donors (Lipinski definition) is 1. The molecule has 0 fully saturated rings. The van der Waals surface area contributed by atoms with Crippen LogP contribution in [0.1, 0.15) is 19.3 Å². The van der Waals surface area contributed by atoms with Crippen LogP contribution in [0.4, 0.5) is 26.3 Å². The van der Waals surface area contributed by atoms with Crippen molar-refractivity contribution in [2.45, 2.75) is 37.2 Å². The highest BCUT2D eigenvalue weighted by molar-refractivity contribution is 5.81. The second-order valence-corrected chi connectivity index (χ2v) is 3.63. The predicted octanol–water partition coefficient (Wildman–Crippen LogP) is 2.74. The van der Waals surface area contributed by atoms with Crippen molar-refractivity contribution >= 4 is 5.97 Å². The maximum Gasteiger partial charge on any atom is 0.437 e. The van der Waals surface area contributed by atoms with Gasteiger partial charge < -0.3 is 9.84 Å². The van der Waals surface area contributed by atoms with Crippen molar-refractivity contribution in [2.75, 3.05) is 6.61 Å². The first kappa shape index (κ1) is 17.8. The fraction of sp³-hybridized carbons (Fsp3) is 0.700. The fourth-order valence-corrected chi connectivity index (χ4v) is 1.05. The molecule has 0 unspecified atom stereocenters. The van der Waals surface area contributed by atoms with Gasteiger partial charge in [-0.05, 0) is 19.3 Å². The molecule has 0 saturated carbocycles. The Morgan fingerprint density at radius 3 is 1.95 bits per heavy atom. The first-order valence-electron chi connectivity index (χ1n) is 5.12. The number of aliphatic hydroxyl groups is 1. The second kappa shape index (κ2) is 6.27. The van der Waals surface area contributed by atoms with Crippen molar-refractivity contribution in [1.82, 2.24) is 0 Å². The lowest BCUT2D eigenvalue weighted by atomic mass is 10.0. The summed E-state index contributed by atoms with van der Waals surface area (Å²) in [6, 6.07) is 0. The summed E-state index contributed by atoms with van der Waals surface area (Å²) in [5.41, 5.74) is -5.50. The Hall–Kier alpha value is -1.25. The molecule has 0 bridgehead atoms. The molecule has 0 aromatic carbocycles. The topological polar surface area (TPSA) is 46.5 Å². The highest BCUT2D eigenvalue weighted by Gasteiger charge is 2.76. The Morgan fingerprint density at radius 1 is 1.11 bits per heavy atom. The molecule has 0 aliphatic rings. The van der Waals surface area contributed by atoms with Gasteiger partial charge in [0, 0.05) is 0 Å². The van der Waals surface area contributed by atoms with Gasteiger partial charge in [0.1, 0.15) is 0 Å². The van der Waals surface area contributed by atoms with Crippen molar-refractivity contribution < 1.29 is 41.0 Å². The van der Waals surface area contributed by atoms with Crippen LogP contribution >= 0.6 is 0 Å². The van der Waals surface area contributed by atoms with Crippen LogP contribution in [0.3, 0.4) is 0 Å². The van der Waals surface area contributed by atoms with Crippen LogP contribution in [-0.4, -0.2) is 35.6 Å². The van der Waals surface area contributed by atoms with Gasteiger partial charge in [0.15, 0.2) is 0 Å². The molecule has 0 aliphatic heterocycles. The lowest BCUT2D eigenvalue weighted by Gasteiger charge is -2.29. The van der Waals surface area contributed by atoms with E-state index >= 15 is 0 Å². The molecule has 0 atom stereocenters. The van der Waals surface area contributed by atoms with Crippen molar-refractivity contribution in [1.29, 1.82) is 0 Å². The maximum atomic E-state index is 12.2. The normalized spacial score (nSPS) is 13.2. The molecule has 0 aromatic heterocycles. The molecule has 0 saturated heterocycles. The lowest BCUT2D eigenvalue weighted by molar-refractivity contribution is -0.356. The highest BCUT2D eigenvalue weighted by atomic mass is 19.4. The molecule has 0 radical (unpaired) electrons. The summed E-state index contributed by atoms with van der Waals surface area (Å²) in [4.78, 5) is 10.9. The van der Waals surface area contributed by atoms with Crippen molar-refractivity contribution in [3.8, 4) is 0 Å². The summed E-state index contributed by atoms with van der Waals surface area (Å²) in [5.74, 6) is -2.77. The Bertz CT molecular complexity index is 306. The van der Waals surface area contributed by atoms with Crippen LogP contribution in [0, 0.1) is 0 Å². The molecule has 0 heterocycles. The second-order valence-electron chi connectivity index (χ2n) is 3.63. The van der Waals surface area contributed by atoms with Gasteiger partial charge in [-0.2, -0.15) is 26.3 Å². The number of halogens is 6. The van der Waals surface area contributed by atoms with E-state index in [1.165, 1.54) is 6.08 Å². The molecule has 3 nitrogen and oxygen atoms in total. The zero-order chi connectivity index (χ0) is 15.3. The van der Waals surface area contributed by atoms with Crippen LogP contribution in [0.2, 0.25) is 0 Å². The van der Waals surface area contributed by atoms with E-state index in [9.17, 15) is 31.1 Å². The van der Waals surface area contributed by atoms with E-state index in [0.717, 1.165) is 0 Å². The number of carbonyl (C=O) groups is 1. The Labute approximate surface area is 104 Å². The third kappa shape index (κ3) is 4.12. The Kier molecular flexibility index (Phi) is 5.85. The highest BCUT2D eigenvalue weighted by Crippen LogP contribution is 2.43. The SMILES string of the molecule is C=CCCCCOC(=O)C(O)(C(F)(F)F)C(F)(F)F. The number of ether oxygens (including phenoxy) is 1. The van der Waals surface area contributed by atoms with E-state index in [1.54, 1.807) is 0 Å². The van der Waals surface area contributed by atoms with Gasteiger partial charge in [-0.1, -0.05) is 6.08 Å². The van der Waals surface area contributed by atoms with Crippen molar-refractivity contribution in [3.05, 3.63) is 12.7 Å². The molecule has 1 N–H and O–H groups in total. The molecule has 19 heavy (non-hydrogen) atoms. The van der Waals surface area contributed by atoms with Gasteiger partial charge in [0.2, 0.25) is 0 Å². The van der Waals surface area contributed by atoms with Gasteiger partial charge in [0.05, 0.1) is 6.61 Å². The predicted molar refractivity (Wildman–Crippen MR) is 52.1 cm³/mol. The van der Waals surface area contributed by atoms with E-state index in [0.29, 0.717) is 12.8 Å². The van der Waals surface area contributed by atoms with Gasteiger partial charge in [0.25, 0.3) is 0 Å². The first-order chi connectivity index (χ1) is 8.48. The zero-order valence-corrected chi connectivity index (χ0v) is 9.64.